The molecule has 2 heterocycles. The van der Waals surface area contributed by atoms with Crippen molar-refractivity contribution in [3.05, 3.63) is 41.3 Å². The Labute approximate surface area is 328 Å². The maximum Gasteiger partial charge on any atom is 0.272 e. The normalized spacial score (nSPS) is 27.6. The molecule has 0 radical (unpaired) electrons. The maximum absolute atomic E-state index is 12.5. The first kappa shape index (κ1) is 46.9. The van der Waals surface area contributed by atoms with Crippen molar-refractivity contribution in [3.8, 4) is 5.75 Å². The monoisotopic (exact) mass is 794 g/mol. The highest BCUT2D eigenvalue weighted by molar-refractivity contribution is 5.75. The number of amides is 1. The second kappa shape index (κ2) is 25.7. The molecule has 2 aliphatic rings. The first-order chi connectivity index (χ1) is 27.2. The van der Waals surface area contributed by atoms with E-state index >= 15 is 0 Å². The van der Waals surface area contributed by atoms with Crippen molar-refractivity contribution in [1.29, 1.82) is 0 Å². The number of anilines is 1. The van der Waals surface area contributed by atoms with E-state index in [0.29, 0.717) is 45.5 Å². The SMILES string of the molecule is CCCCOc1c(NCCNC(=O)CCCCCO[C@H]2OC(C)[C@@H](N=[N+]=[N-])C(OCCCC)[C@H]2O[C@H]2OC(C)[C@@H](N=[N+]=[N-])C(OCCCC)[C@H]2OC)c(=O)c1=O. The highest BCUT2D eigenvalue weighted by Crippen LogP contribution is 2.35. The Morgan fingerprint density at radius 3 is 1.88 bits per heavy atom. The Morgan fingerprint density at radius 2 is 1.29 bits per heavy atom. The smallest absolute Gasteiger partial charge is 0.272 e. The number of unbranched alkanes of at least 4 members (excludes halogenated alkanes) is 5. The van der Waals surface area contributed by atoms with Crippen molar-refractivity contribution in [3.63, 3.8) is 0 Å². The minimum Gasteiger partial charge on any atom is -0.487 e. The second-order valence-electron chi connectivity index (χ2n) is 14.0. The first-order valence-corrected chi connectivity index (χ1v) is 20.1. The van der Waals surface area contributed by atoms with Crippen LogP contribution in [0.3, 0.4) is 0 Å². The summed E-state index contributed by atoms with van der Waals surface area (Å²) in [6, 6.07) is -1.41. The van der Waals surface area contributed by atoms with E-state index in [4.69, 9.17) is 37.9 Å². The van der Waals surface area contributed by atoms with Gasteiger partial charge in [0.1, 0.15) is 17.9 Å². The minimum absolute atomic E-state index is 0.0653. The Kier molecular flexibility index (Phi) is 21.5. The van der Waals surface area contributed by atoms with Crippen LogP contribution in [0.4, 0.5) is 5.69 Å². The predicted molar refractivity (Wildman–Crippen MR) is 207 cm³/mol. The van der Waals surface area contributed by atoms with E-state index in [1.807, 2.05) is 20.8 Å². The van der Waals surface area contributed by atoms with Crippen LogP contribution in [-0.2, 0) is 38.0 Å². The molecule has 2 fully saturated rings. The van der Waals surface area contributed by atoms with Crippen molar-refractivity contribution in [2.24, 2.45) is 10.2 Å². The van der Waals surface area contributed by atoms with Gasteiger partial charge in [-0.1, -0.05) is 56.7 Å². The van der Waals surface area contributed by atoms with Crippen molar-refractivity contribution >= 4 is 11.6 Å². The van der Waals surface area contributed by atoms with Gasteiger partial charge >= 0.3 is 0 Å². The van der Waals surface area contributed by atoms with Crippen LogP contribution in [0.15, 0.2) is 19.8 Å². The van der Waals surface area contributed by atoms with Crippen LogP contribution in [0, 0.1) is 0 Å². The zero-order valence-corrected chi connectivity index (χ0v) is 33.8. The Balaban J connectivity index is 1.60. The molecule has 0 bridgehead atoms. The molecule has 2 aliphatic heterocycles. The summed E-state index contributed by atoms with van der Waals surface area (Å²) in [7, 11) is 1.51. The standard InChI is InChI=1S/C37H62N8O11/c1-7-10-19-50-31-28(29(47)30(31)48)41-18-17-40-25(46)16-14-13-15-22-53-36-35(33(52-21-12-9-3)27(43-45-39)23(4)54-36)56-37-34(49-6)32(51-20-11-8-2)26(42-44-38)24(5)55-37/h23-24,26-27,32-37,41H,7-22H2,1-6H3,(H,40,46)/t23?,24?,26-,27-,32?,33?,34-,35-,36+,37-/m1/s1. The van der Waals surface area contributed by atoms with Crippen molar-refractivity contribution < 1.29 is 42.7 Å². The molecule has 3 rings (SSSR count). The largest absolute Gasteiger partial charge is 0.487 e. The van der Waals surface area contributed by atoms with Gasteiger partial charge in [0.05, 0.1) is 43.1 Å². The van der Waals surface area contributed by atoms with Gasteiger partial charge in [-0.05, 0) is 57.0 Å². The highest BCUT2D eigenvalue weighted by Gasteiger charge is 2.52. The molecule has 316 valence electrons. The molecule has 10 atom stereocenters. The number of hydrogen-bond donors (Lipinski definition) is 2. The fourth-order valence-electron chi connectivity index (χ4n) is 6.54. The van der Waals surface area contributed by atoms with E-state index in [0.717, 1.165) is 38.5 Å². The minimum atomic E-state index is -1.01. The quantitative estimate of drug-likeness (QED) is 0.0366. The molecule has 56 heavy (non-hydrogen) atoms. The van der Waals surface area contributed by atoms with Crippen LogP contribution in [0.1, 0.15) is 98.8 Å². The summed E-state index contributed by atoms with van der Waals surface area (Å²) in [6.45, 7) is 11.7. The third-order valence-electron chi connectivity index (χ3n) is 9.76. The fraction of sp³-hybridized carbons (Fsp3) is 0.865. The van der Waals surface area contributed by atoms with Gasteiger partial charge in [-0.15, -0.1) is 0 Å². The first-order valence-electron chi connectivity index (χ1n) is 20.1. The van der Waals surface area contributed by atoms with Crippen LogP contribution in [0.25, 0.3) is 20.9 Å². The molecule has 0 aromatic heterocycles. The zero-order valence-electron chi connectivity index (χ0n) is 33.8. The van der Waals surface area contributed by atoms with Gasteiger partial charge in [0.15, 0.2) is 18.3 Å². The Bertz CT molecular complexity index is 1480. The average molecular weight is 795 g/mol. The van der Waals surface area contributed by atoms with E-state index in [2.05, 4.69) is 30.7 Å². The van der Waals surface area contributed by atoms with Crippen molar-refractivity contribution in [2.45, 2.75) is 160 Å². The number of carbonyl (C=O) groups excluding carboxylic acids is 1. The van der Waals surface area contributed by atoms with Gasteiger partial charge in [-0.25, -0.2) is 0 Å². The summed E-state index contributed by atoms with van der Waals surface area (Å²) in [5.41, 5.74) is 17.7. The van der Waals surface area contributed by atoms with Crippen molar-refractivity contribution in [1.82, 2.24) is 5.32 Å². The molecular formula is C37H62N8O11. The molecule has 1 aromatic rings. The number of nitrogens with zero attached hydrogens (tertiary/aromatic N) is 6. The van der Waals surface area contributed by atoms with E-state index in [1.54, 1.807) is 13.8 Å². The zero-order chi connectivity index (χ0) is 40.9. The van der Waals surface area contributed by atoms with Gasteiger partial charge in [0, 0.05) is 56.3 Å². The van der Waals surface area contributed by atoms with Crippen LogP contribution < -0.4 is 26.2 Å². The summed E-state index contributed by atoms with van der Waals surface area (Å²) in [4.78, 5) is 42.3. The third-order valence-corrected chi connectivity index (χ3v) is 9.76. The molecule has 0 spiro atoms. The van der Waals surface area contributed by atoms with Gasteiger partial charge in [0.2, 0.25) is 5.91 Å². The summed E-state index contributed by atoms with van der Waals surface area (Å²) < 4.78 is 49.3. The lowest BCUT2D eigenvalue weighted by Crippen LogP contribution is -2.64. The lowest BCUT2D eigenvalue weighted by atomic mass is 9.95. The summed E-state index contributed by atoms with van der Waals surface area (Å²) >= 11 is 0. The molecule has 4 unspecified atom stereocenters. The van der Waals surface area contributed by atoms with E-state index in [9.17, 15) is 25.4 Å². The van der Waals surface area contributed by atoms with E-state index in [1.165, 1.54) is 7.11 Å². The lowest BCUT2D eigenvalue weighted by molar-refractivity contribution is -0.351. The number of carbonyl (C=O) groups is 1. The Hall–Kier alpha value is -3.51. The van der Waals surface area contributed by atoms with Crippen LogP contribution >= 0.6 is 0 Å². The van der Waals surface area contributed by atoms with Crippen LogP contribution in [-0.4, -0.2) is 114 Å². The van der Waals surface area contributed by atoms with Crippen molar-refractivity contribution in [2.75, 3.05) is 51.9 Å². The molecule has 19 nitrogen and oxygen atoms in total. The fourth-order valence-corrected chi connectivity index (χ4v) is 6.54. The molecule has 19 heteroatoms. The molecule has 0 aliphatic carbocycles. The number of ether oxygens (including phenoxy) is 8. The van der Waals surface area contributed by atoms with Crippen LogP contribution in [0.5, 0.6) is 5.75 Å². The number of methoxy groups -OCH3 is 1. The predicted octanol–water partition coefficient (Wildman–Crippen LogP) is 5.18. The Morgan fingerprint density at radius 1 is 0.714 bits per heavy atom. The van der Waals surface area contributed by atoms with E-state index in [-0.39, 0.29) is 37.0 Å². The molecule has 0 saturated carbocycles. The molecule has 2 saturated heterocycles. The number of azide groups is 2. The number of nitrogens with one attached hydrogen (secondary N) is 2. The number of hydrogen-bond acceptors (Lipinski definition) is 14. The summed E-state index contributed by atoms with van der Waals surface area (Å²) in [5.74, 6) is -0.0734. The maximum atomic E-state index is 12.5. The van der Waals surface area contributed by atoms with Gasteiger partial charge < -0.3 is 48.5 Å². The second-order valence-corrected chi connectivity index (χ2v) is 14.0. The number of rotatable bonds is 28. The summed E-state index contributed by atoms with van der Waals surface area (Å²) in [6.07, 6.45) is 1.01. The lowest BCUT2D eigenvalue weighted by Gasteiger charge is -2.48. The molecular weight excluding hydrogens is 732 g/mol. The molecule has 1 aromatic carbocycles. The highest BCUT2D eigenvalue weighted by atomic mass is 16.8. The van der Waals surface area contributed by atoms with E-state index < -0.39 is 72.1 Å². The van der Waals surface area contributed by atoms with Gasteiger partial charge in [-0.3, -0.25) is 14.4 Å². The summed E-state index contributed by atoms with van der Waals surface area (Å²) in [5, 5.41) is 13.7. The topological polar surface area (TPSA) is 247 Å². The molecule has 1 amide bonds. The van der Waals surface area contributed by atoms with Gasteiger partial charge in [0.25, 0.3) is 10.9 Å². The third kappa shape index (κ3) is 13.6. The average Bonchev–Trinajstić information content (AvgIpc) is 3.18. The van der Waals surface area contributed by atoms with Gasteiger partial charge in [-0.2, -0.15) is 0 Å². The van der Waals surface area contributed by atoms with Crippen LogP contribution in [0.2, 0.25) is 0 Å². The molecule has 2 N–H and O–H groups in total.